The summed E-state index contributed by atoms with van der Waals surface area (Å²) in [5.41, 5.74) is 2.40. The Morgan fingerprint density at radius 2 is 2.21 bits per heavy atom. The van der Waals surface area contributed by atoms with Crippen LogP contribution in [0.25, 0.3) is 0 Å². The number of hydrogen-bond donors (Lipinski definition) is 0. The molecule has 2 aliphatic rings. The van der Waals surface area contributed by atoms with Crippen molar-refractivity contribution in [3.05, 3.63) is 34.0 Å². The van der Waals surface area contributed by atoms with Crippen LogP contribution in [-0.2, 0) is 17.9 Å². The van der Waals surface area contributed by atoms with Crippen molar-refractivity contribution in [3.63, 3.8) is 0 Å². The number of fused-ring (bicyclic) bond motifs is 1. The predicted octanol–water partition coefficient (Wildman–Crippen LogP) is 3.55. The minimum Gasteiger partial charge on any atom is -0.375 e. The number of thiazole rings is 1. The lowest BCUT2D eigenvalue weighted by atomic mass is 10.1. The molecule has 0 radical (unpaired) electrons. The van der Waals surface area contributed by atoms with E-state index in [4.69, 9.17) is 4.74 Å². The van der Waals surface area contributed by atoms with Crippen LogP contribution in [0.4, 0.5) is 0 Å². The minimum atomic E-state index is 0.432. The van der Waals surface area contributed by atoms with E-state index < -0.39 is 0 Å². The van der Waals surface area contributed by atoms with Crippen molar-refractivity contribution in [3.8, 4) is 0 Å². The van der Waals surface area contributed by atoms with Crippen molar-refractivity contribution in [1.29, 1.82) is 0 Å². The second-order valence-corrected chi connectivity index (χ2v) is 8.05. The monoisotopic (exact) mass is 346 g/mol. The van der Waals surface area contributed by atoms with Gasteiger partial charge in [0.05, 0.1) is 29.0 Å². The second-order valence-electron chi connectivity index (χ2n) is 6.99. The predicted molar refractivity (Wildman–Crippen MR) is 95.1 cm³/mol. The highest BCUT2D eigenvalue weighted by Gasteiger charge is 2.31. The van der Waals surface area contributed by atoms with Crippen molar-refractivity contribution < 1.29 is 4.74 Å². The Kier molecular flexibility index (Phi) is 4.96. The summed E-state index contributed by atoms with van der Waals surface area (Å²) in [6, 6.07) is 3.38. The van der Waals surface area contributed by atoms with E-state index >= 15 is 0 Å². The lowest BCUT2D eigenvalue weighted by Gasteiger charge is -2.37. The summed E-state index contributed by atoms with van der Waals surface area (Å²) < 4.78 is 8.10. The second kappa shape index (κ2) is 7.33. The molecule has 1 fully saturated rings. The van der Waals surface area contributed by atoms with Gasteiger partial charge < -0.3 is 4.74 Å². The molecule has 0 N–H and O–H groups in total. The van der Waals surface area contributed by atoms with Crippen LogP contribution in [0.3, 0.4) is 0 Å². The normalized spacial score (nSPS) is 22.1. The molecule has 4 rings (SSSR count). The van der Waals surface area contributed by atoms with Gasteiger partial charge in [-0.15, -0.1) is 11.3 Å². The van der Waals surface area contributed by atoms with Gasteiger partial charge in [-0.05, 0) is 32.3 Å². The third-order valence-corrected chi connectivity index (χ3v) is 6.08. The largest absolute Gasteiger partial charge is 0.375 e. The zero-order chi connectivity index (χ0) is 16.4. The Bertz CT molecular complexity index is 662. The van der Waals surface area contributed by atoms with Crippen molar-refractivity contribution in [2.45, 2.75) is 64.3 Å². The van der Waals surface area contributed by atoms with Crippen LogP contribution in [0.1, 0.15) is 54.5 Å². The molecular formula is C18H26N4OS. The van der Waals surface area contributed by atoms with E-state index in [-0.39, 0.29) is 0 Å². The van der Waals surface area contributed by atoms with E-state index in [0.29, 0.717) is 12.6 Å². The van der Waals surface area contributed by atoms with Crippen molar-refractivity contribution in [2.24, 2.45) is 0 Å². The van der Waals surface area contributed by atoms with E-state index in [1.807, 2.05) is 13.1 Å². The highest BCUT2D eigenvalue weighted by molar-refractivity contribution is 7.09. The summed E-state index contributed by atoms with van der Waals surface area (Å²) in [5.74, 6) is 0. The van der Waals surface area contributed by atoms with Crippen molar-refractivity contribution in [2.75, 3.05) is 13.2 Å². The van der Waals surface area contributed by atoms with Gasteiger partial charge in [0.2, 0.25) is 0 Å². The topological polar surface area (TPSA) is 43.2 Å². The average Bonchev–Trinajstić information content (AvgIpc) is 3.32. The van der Waals surface area contributed by atoms with E-state index in [1.54, 1.807) is 11.3 Å². The summed E-state index contributed by atoms with van der Waals surface area (Å²) in [4.78, 5) is 7.13. The quantitative estimate of drug-likeness (QED) is 0.750. The summed E-state index contributed by atoms with van der Waals surface area (Å²) in [6.07, 6.45) is 8.46. The third-order valence-electron chi connectivity index (χ3n) is 5.26. The molecule has 2 aromatic rings. The zero-order valence-corrected chi connectivity index (χ0v) is 15.2. The summed E-state index contributed by atoms with van der Waals surface area (Å²) >= 11 is 1.68. The fraction of sp³-hybridized carbons (Fsp3) is 0.667. The van der Waals surface area contributed by atoms with Crippen LogP contribution in [0, 0.1) is 6.92 Å². The molecule has 0 bridgehead atoms. The molecule has 130 valence electrons. The molecule has 1 saturated carbocycles. The molecule has 1 aliphatic carbocycles. The van der Waals surface area contributed by atoms with E-state index in [0.717, 1.165) is 42.9 Å². The zero-order valence-electron chi connectivity index (χ0n) is 14.4. The van der Waals surface area contributed by atoms with Gasteiger partial charge in [0, 0.05) is 37.3 Å². The van der Waals surface area contributed by atoms with Crippen LogP contribution in [0.5, 0.6) is 0 Å². The molecular weight excluding hydrogens is 320 g/mol. The first kappa shape index (κ1) is 16.2. The molecule has 3 heterocycles. The maximum absolute atomic E-state index is 5.87. The van der Waals surface area contributed by atoms with Crippen LogP contribution >= 0.6 is 11.3 Å². The Hall–Kier alpha value is -1.24. The molecule has 0 unspecified atom stereocenters. The van der Waals surface area contributed by atoms with Crippen molar-refractivity contribution >= 4 is 11.3 Å². The first-order chi connectivity index (χ1) is 11.8. The number of hydrogen-bond acceptors (Lipinski definition) is 5. The minimum absolute atomic E-state index is 0.432. The highest BCUT2D eigenvalue weighted by Crippen LogP contribution is 2.30. The lowest BCUT2D eigenvalue weighted by Crippen LogP contribution is -2.42. The highest BCUT2D eigenvalue weighted by atomic mass is 32.1. The molecule has 0 aromatic carbocycles. The fourth-order valence-corrected chi connectivity index (χ4v) is 4.65. The number of aromatic nitrogens is 3. The Balaban J connectivity index is 1.33. The molecule has 5 nitrogen and oxygen atoms in total. The fourth-order valence-electron chi connectivity index (χ4n) is 4.05. The van der Waals surface area contributed by atoms with Gasteiger partial charge in [0.15, 0.2) is 0 Å². The maximum Gasteiger partial charge on any atom is 0.0898 e. The van der Waals surface area contributed by atoms with Crippen LogP contribution in [0.2, 0.25) is 0 Å². The van der Waals surface area contributed by atoms with Crippen LogP contribution < -0.4 is 0 Å². The summed E-state index contributed by atoms with van der Waals surface area (Å²) in [7, 11) is 0. The molecule has 24 heavy (non-hydrogen) atoms. The van der Waals surface area contributed by atoms with E-state index in [2.05, 4.69) is 31.1 Å². The lowest BCUT2D eigenvalue weighted by molar-refractivity contribution is 0.0754. The molecule has 1 aliphatic heterocycles. The van der Waals surface area contributed by atoms with E-state index in [1.165, 1.54) is 31.4 Å². The summed E-state index contributed by atoms with van der Waals surface area (Å²) in [6.45, 7) is 5.58. The van der Waals surface area contributed by atoms with Gasteiger partial charge in [-0.3, -0.25) is 9.58 Å². The van der Waals surface area contributed by atoms with Crippen molar-refractivity contribution in [1.82, 2.24) is 19.7 Å². The van der Waals surface area contributed by atoms with Gasteiger partial charge >= 0.3 is 0 Å². The molecule has 0 amide bonds. The third kappa shape index (κ3) is 3.55. The smallest absolute Gasteiger partial charge is 0.0898 e. The molecule has 2 aromatic heterocycles. The van der Waals surface area contributed by atoms with Crippen LogP contribution in [-0.4, -0.2) is 38.9 Å². The van der Waals surface area contributed by atoms with Gasteiger partial charge in [0.1, 0.15) is 0 Å². The van der Waals surface area contributed by atoms with Crippen LogP contribution in [0.15, 0.2) is 17.6 Å². The number of ether oxygens (including phenoxy) is 1. The van der Waals surface area contributed by atoms with Gasteiger partial charge in [-0.1, -0.05) is 12.8 Å². The van der Waals surface area contributed by atoms with E-state index in [9.17, 15) is 0 Å². The number of nitrogens with zero attached hydrogens (tertiary/aromatic N) is 4. The maximum atomic E-state index is 5.87. The number of aryl methyl sites for hydroxylation is 1. The first-order valence-corrected chi connectivity index (χ1v) is 9.93. The number of rotatable bonds is 6. The molecule has 0 spiro atoms. The first-order valence-electron chi connectivity index (χ1n) is 9.05. The molecule has 0 saturated heterocycles. The van der Waals surface area contributed by atoms with Gasteiger partial charge in [0.25, 0.3) is 0 Å². The SMILES string of the molecule is Cc1nc(COCC[C@H]2CN(C3CCCC3)Cc3ccnn32)cs1. The standard InChI is InChI=1S/C18H26N4OS/c1-14-20-15(13-24-14)12-23-9-7-18-11-21(16-4-2-3-5-16)10-17-6-8-19-22(17)18/h6,8,13,16,18H,2-5,7,9-12H2,1H3/t18-/m0/s1. The summed E-state index contributed by atoms with van der Waals surface area (Å²) in [5, 5.41) is 7.76. The molecule has 6 heteroatoms. The van der Waals surface area contributed by atoms with Gasteiger partial charge in [-0.2, -0.15) is 5.10 Å². The van der Waals surface area contributed by atoms with Gasteiger partial charge in [-0.25, -0.2) is 4.98 Å². The average molecular weight is 346 g/mol. The Morgan fingerprint density at radius 1 is 1.33 bits per heavy atom. The Labute approximate surface area is 147 Å². The Morgan fingerprint density at radius 3 is 3.00 bits per heavy atom. The molecule has 1 atom stereocenters.